The fraction of sp³-hybridized carbons (Fsp3) is 0.235. The molecule has 0 saturated carbocycles. The summed E-state index contributed by atoms with van der Waals surface area (Å²) in [6.45, 7) is 0.0623. The van der Waals surface area contributed by atoms with Crippen LogP contribution in [-0.4, -0.2) is 45.1 Å². The number of carbonyl (C=O) groups is 1. The van der Waals surface area contributed by atoms with Gasteiger partial charge in [0.2, 0.25) is 10.0 Å². The van der Waals surface area contributed by atoms with Crippen LogP contribution in [0.5, 0.6) is 11.5 Å². The van der Waals surface area contributed by atoms with Crippen LogP contribution in [-0.2, 0) is 16.6 Å². The molecule has 0 spiro atoms. The lowest BCUT2D eigenvalue weighted by atomic mass is 10.2. The number of benzene rings is 2. The second-order valence-electron chi connectivity index (χ2n) is 5.24. The molecule has 134 valence electrons. The Hall–Kier alpha value is -2.58. The van der Waals surface area contributed by atoms with E-state index in [1.54, 1.807) is 24.3 Å². The second-order valence-corrected chi connectivity index (χ2v) is 7.26. The van der Waals surface area contributed by atoms with Crippen LogP contribution in [0, 0.1) is 0 Å². The number of para-hydroxylation sites is 1. The minimum absolute atomic E-state index is 0.0623. The van der Waals surface area contributed by atoms with Crippen molar-refractivity contribution in [1.29, 1.82) is 0 Å². The van der Waals surface area contributed by atoms with Gasteiger partial charge in [-0.1, -0.05) is 18.2 Å². The maximum Gasteiger partial charge on any atom is 0.335 e. The minimum Gasteiger partial charge on any atom is -0.496 e. The van der Waals surface area contributed by atoms with E-state index in [0.29, 0.717) is 11.3 Å². The van der Waals surface area contributed by atoms with E-state index in [9.17, 15) is 13.2 Å². The van der Waals surface area contributed by atoms with Crippen LogP contribution < -0.4 is 9.47 Å². The first-order chi connectivity index (χ1) is 11.8. The molecule has 0 unspecified atom stereocenters. The predicted molar refractivity (Wildman–Crippen MR) is 91.6 cm³/mol. The molecule has 0 heterocycles. The summed E-state index contributed by atoms with van der Waals surface area (Å²) in [6, 6.07) is 10.8. The predicted octanol–water partition coefficient (Wildman–Crippen LogP) is 2.22. The molecule has 0 aliphatic heterocycles. The number of sulfonamides is 1. The molecule has 0 amide bonds. The molecule has 0 bridgehead atoms. The van der Waals surface area contributed by atoms with Gasteiger partial charge in [-0.15, -0.1) is 0 Å². The fourth-order valence-electron chi connectivity index (χ4n) is 2.34. The Morgan fingerprint density at radius 2 is 1.72 bits per heavy atom. The molecule has 0 radical (unpaired) electrons. The largest absolute Gasteiger partial charge is 0.496 e. The summed E-state index contributed by atoms with van der Waals surface area (Å²) in [5, 5.41) is 9.11. The van der Waals surface area contributed by atoms with Gasteiger partial charge in [-0.3, -0.25) is 0 Å². The molecule has 0 fully saturated rings. The molecular weight excluding hydrogens is 346 g/mol. The number of hydrogen-bond donors (Lipinski definition) is 1. The van der Waals surface area contributed by atoms with Crippen molar-refractivity contribution in [2.75, 3.05) is 21.3 Å². The molecule has 1 N–H and O–H groups in total. The van der Waals surface area contributed by atoms with Gasteiger partial charge in [0.05, 0.1) is 19.8 Å². The van der Waals surface area contributed by atoms with Crippen LogP contribution in [0.2, 0.25) is 0 Å². The van der Waals surface area contributed by atoms with Gasteiger partial charge in [-0.05, 0) is 24.3 Å². The Morgan fingerprint density at radius 1 is 1.08 bits per heavy atom. The van der Waals surface area contributed by atoms with E-state index in [4.69, 9.17) is 14.6 Å². The summed E-state index contributed by atoms with van der Waals surface area (Å²) in [7, 11) is 0.275. The number of methoxy groups -OCH3 is 2. The van der Waals surface area contributed by atoms with Crippen molar-refractivity contribution in [3.63, 3.8) is 0 Å². The third-order valence-electron chi connectivity index (χ3n) is 3.68. The average molecular weight is 365 g/mol. The second kappa shape index (κ2) is 7.54. The van der Waals surface area contributed by atoms with E-state index in [1.165, 1.54) is 33.4 Å². The maximum atomic E-state index is 12.9. The average Bonchev–Trinajstić information content (AvgIpc) is 2.61. The van der Waals surface area contributed by atoms with Crippen molar-refractivity contribution in [3.05, 3.63) is 53.6 Å². The monoisotopic (exact) mass is 365 g/mol. The maximum absolute atomic E-state index is 12.9. The first-order valence-corrected chi connectivity index (χ1v) is 8.74. The standard InChI is InChI=1S/C17H19NO6S/c1-18(11-13-6-4-5-7-14(13)23-2)25(21,22)16-10-12(17(19)20)8-9-15(16)24-3/h4-10H,11H2,1-3H3,(H,19,20). The highest BCUT2D eigenvalue weighted by molar-refractivity contribution is 7.89. The first kappa shape index (κ1) is 18.8. The van der Waals surface area contributed by atoms with Gasteiger partial charge in [0.15, 0.2) is 0 Å². The van der Waals surface area contributed by atoms with E-state index in [-0.39, 0.29) is 22.8 Å². The molecule has 25 heavy (non-hydrogen) atoms. The molecular formula is C17H19NO6S. The Balaban J connectivity index is 2.43. The number of aromatic carboxylic acids is 1. The highest BCUT2D eigenvalue weighted by Crippen LogP contribution is 2.29. The van der Waals surface area contributed by atoms with Crippen LogP contribution >= 0.6 is 0 Å². The molecule has 0 aliphatic carbocycles. The zero-order valence-electron chi connectivity index (χ0n) is 14.1. The van der Waals surface area contributed by atoms with Crippen molar-refractivity contribution >= 4 is 16.0 Å². The zero-order valence-corrected chi connectivity index (χ0v) is 14.9. The Bertz CT molecular complexity index is 878. The summed E-state index contributed by atoms with van der Waals surface area (Å²) >= 11 is 0. The van der Waals surface area contributed by atoms with E-state index in [0.717, 1.165) is 10.4 Å². The van der Waals surface area contributed by atoms with Gasteiger partial charge >= 0.3 is 5.97 Å². The van der Waals surface area contributed by atoms with Crippen LogP contribution in [0.4, 0.5) is 0 Å². The van der Waals surface area contributed by atoms with Gasteiger partial charge in [-0.25, -0.2) is 13.2 Å². The summed E-state index contributed by atoms with van der Waals surface area (Å²) in [6.07, 6.45) is 0. The number of hydrogen-bond acceptors (Lipinski definition) is 5. The van der Waals surface area contributed by atoms with Crippen molar-refractivity contribution in [2.45, 2.75) is 11.4 Å². The summed E-state index contributed by atoms with van der Waals surface area (Å²) in [5.41, 5.74) is 0.550. The Morgan fingerprint density at radius 3 is 2.32 bits per heavy atom. The lowest BCUT2D eigenvalue weighted by molar-refractivity contribution is 0.0696. The molecule has 7 nitrogen and oxygen atoms in total. The number of nitrogens with zero attached hydrogens (tertiary/aromatic N) is 1. The van der Waals surface area contributed by atoms with Crippen molar-refractivity contribution in [2.24, 2.45) is 0 Å². The molecule has 2 aromatic carbocycles. The van der Waals surface area contributed by atoms with E-state index in [2.05, 4.69) is 0 Å². The molecule has 0 atom stereocenters. The molecule has 0 saturated heterocycles. The number of rotatable bonds is 7. The Labute approximate surface area is 146 Å². The van der Waals surface area contributed by atoms with Gasteiger partial charge in [0.25, 0.3) is 0 Å². The fourth-order valence-corrected chi connectivity index (χ4v) is 3.66. The van der Waals surface area contributed by atoms with Crippen molar-refractivity contribution in [3.8, 4) is 11.5 Å². The molecule has 2 aromatic rings. The normalized spacial score (nSPS) is 11.4. The van der Waals surface area contributed by atoms with Crippen LogP contribution in [0.15, 0.2) is 47.4 Å². The molecule has 2 rings (SSSR count). The van der Waals surface area contributed by atoms with E-state index in [1.807, 2.05) is 0 Å². The summed E-state index contributed by atoms with van der Waals surface area (Å²) in [5.74, 6) is -0.570. The quantitative estimate of drug-likeness (QED) is 0.809. The van der Waals surface area contributed by atoms with Crippen LogP contribution in [0.1, 0.15) is 15.9 Å². The third-order valence-corrected chi connectivity index (χ3v) is 5.51. The lowest BCUT2D eigenvalue weighted by Crippen LogP contribution is -2.27. The van der Waals surface area contributed by atoms with E-state index >= 15 is 0 Å². The van der Waals surface area contributed by atoms with Crippen LogP contribution in [0.3, 0.4) is 0 Å². The van der Waals surface area contributed by atoms with Crippen molar-refractivity contribution in [1.82, 2.24) is 4.31 Å². The third kappa shape index (κ3) is 3.92. The van der Waals surface area contributed by atoms with Crippen molar-refractivity contribution < 1.29 is 27.8 Å². The van der Waals surface area contributed by atoms with Gasteiger partial charge in [0.1, 0.15) is 16.4 Å². The molecule has 0 aromatic heterocycles. The summed E-state index contributed by atoms with van der Waals surface area (Å²) < 4.78 is 37.2. The SMILES string of the molecule is COc1ccccc1CN(C)S(=O)(=O)c1cc(C(=O)O)ccc1OC. The lowest BCUT2D eigenvalue weighted by Gasteiger charge is -2.20. The number of carboxylic acid groups (broad SMARTS) is 1. The summed E-state index contributed by atoms with van der Waals surface area (Å²) in [4.78, 5) is 11.0. The minimum atomic E-state index is -3.97. The molecule has 8 heteroatoms. The highest BCUT2D eigenvalue weighted by atomic mass is 32.2. The van der Waals surface area contributed by atoms with Gasteiger partial charge < -0.3 is 14.6 Å². The van der Waals surface area contributed by atoms with Gasteiger partial charge in [-0.2, -0.15) is 4.31 Å². The molecule has 0 aliphatic rings. The smallest absolute Gasteiger partial charge is 0.335 e. The van der Waals surface area contributed by atoms with E-state index < -0.39 is 16.0 Å². The number of carboxylic acids is 1. The van der Waals surface area contributed by atoms with Gasteiger partial charge in [0, 0.05) is 19.2 Å². The zero-order chi connectivity index (χ0) is 18.6. The highest BCUT2D eigenvalue weighted by Gasteiger charge is 2.27. The topological polar surface area (TPSA) is 93.1 Å². The first-order valence-electron chi connectivity index (χ1n) is 7.30. The Kier molecular flexibility index (Phi) is 5.66. The van der Waals surface area contributed by atoms with Crippen LogP contribution in [0.25, 0.3) is 0 Å². The number of ether oxygens (including phenoxy) is 2.